The lowest BCUT2D eigenvalue weighted by Gasteiger charge is -2.29. The highest BCUT2D eigenvalue weighted by molar-refractivity contribution is 5.98. The first kappa shape index (κ1) is 10.5. The first-order chi connectivity index (χ1) is 7.68. The van der Waals surface area contributed by atoms with Gasteiger partial charge in [0, 0.05) is 6.92 Å². The zero-order valence-corrected chi connectivity index (χ0v) is 8.90. The molecule has 16 heavy (non-hydrogen) atoms. The van der Waals surface area contributed by atoms with Gasteiger partial charge in [0.2, 0.25) is 5.91 Å². The smallest absolute Gasteiger partial charge is 0.266 e. The van der Waals surface area contributed by atoms with E-state index in [1.807, 2.05) is 12.1 Å². The Labute approximate surface area is 93.0 Å². The average Bonchev–Trinajstić information content (AvgIpc) is 2.27. The van der Waals surface area contributed by atoms with E-state index in [1.54, 1.807) is 12.1 Å². The van der Waals surface area contributed by atoms with E-state index in [9.17, 15) is 9.59 Å². The zero-order valence-electron chi connectivity index (χ0n) is 8.90. The molecule has 5 nitrogen and oxygen atoms in total. The summed E-state index contributed by atoms with van der Waals surface area (Å²) in [5.41, 5.74) is 0.688. The van der Waals surface area contributed by atoms with Crippen LogP contribution in [0.15, 0.2) is 24.3 Å². The monoisotopic (exact) mass is 220 g/mol. The van der Waals surface area contributed by atoms with Gasteiger partial charge in [-0.2, -0.15) is 0 Å². The van der Waals surface area contributed by atoms with Crippen molar-refractivity contribution in [3.63, 3.8) is 0 Å². The van der Waals surface area contributed by atoms with E-state index in [0.29, 0.717) is 11.4 Å². The Bertz CT molecular complexity index is 431. The molecule has 0 saturated carbocycles. The lowest BCUT2D eigenvalue weighted by Crippen LogP contribution is -2.45. The minimum Gasteiger partial charge on any atom is -0.482 e. The van der Waals surface area contributed by atoms with Gasteiger partial charge < -0.3 is 10.1 Å². The van der Waals surface area contributed by atoms with Gasteiger partial charge >= 0.3 is 0 Å². The Kier molecular flexibility index (Phi) is 2.76. The van der Waals surface area contributed by atoms with Gasteiger partial charge in [0.05, 0.1) is 12.4 Å². The molecule has 1 heterocycles. The van der Waals surface area contributed by atoms with E-state index in [2.05, 4.69) is 5.32 Å². The summed E-state index contributed by atoms with van der Waals surface area (Å²) in [7, 11) is 0. The van der Waals surface area contributed by atoms with Crippen molar-refractivity contribution in [3.05, 3.63) is 24.3 Å². The third-order valence-corrected chi connectivity index (χ3v) is 2.29. The maximum absolute atomic E-state index is 11.6. The molecule has 1 aliphatic heterocycles. The Morgan fingerprint density at radius 1 is 1.50 bits per heavy atom. The number of hydrogen-bond donors (Lipinski definition) is 1. The predicted octanol–water partition coefficient (Wildman–Crippen LogP) is 0.506. The number of amides is 2. The van der Waals surface area contributed by atoms with Crippen LogP contribution in [-0.4, -0.2) is 25.1 Å². The standard InChI is InChI=1S/C11H12N2O3/c1-8(14)12-7-13-9-4-2-3-5-10(9)16-6-11(13)15/h2-5H,6-7H2,1H3,(H,12,14). The number of fused-ring (bicyclic) bond motifs is 1. The molecule has 2 rings (SSSR count). The average molecular weight is 220 g/mol. The number of carbonyl (C=O) groups is 2. The molecule has 1 aromatic rings. The van der Waals surface area contributed by atoms with Crippen molar-refractivity contribution < 1.29 is 14.3 Å². The Morgan fingerprint density at radius 2 is 2.25 bits per heavy atom. The number of anilines is 1. The first-order valence-corrected chi connectivity index (χ1v) is 4.95. The van der Waals surface area contributed by atoms with E-state index in [4.69, 9.17) is 4.74 Å². The van der Waals surface area contributed by atoms with Crippen LogP contribution in [-0.2, 0) is 9.59 Å². The Morgan fingerprint density at radius 3 is 3.00 bits per heavy atom. The molecule has 0 radical (unpaired) electrons. The van der Waals surface area contributed by atoms with Gasteiger partial charge in [-0.25, -0.2) is 0 Å². The minimum atomic E-state index is -0.170. The van der Waals surface area contributed by atoms with Crippen molar-refractivity contribution in [2.24, 2.45) is 0 Å². The van der Waals surface area contributed by atoms with Crippen LogP contribution in [0.4, 0.5) is 5.69 Å². The number of rotatable bonds is 2. The van der Waals surface area contributed by atoms with Crippen molar-refractivity contribution in [1.82, 2.24) is 5.32 Å². The van der Waals surface area contributed by atoms with Crippen LogP contribution in [0.3, 0.4) is 0 Å². The van der Waals surface area contributed by atoms with Crippen LogP contribution in [0.1, 0.15) is 6.92 Å². The SMILES string of the molecule is CC(=O)NCN1C(=O)COc2ccccc21. The molecule has 0 saturated heterocycles. The van der Waals surface area contributed by atoms with Gasteiger partial charge in [-0.15, -0.1) is 0 Å². The fourth-order valence-corrected chi connectivity index (χ4v) is 1.52. The molecule has 84 valence electrons. The maximum atomic E-state index is 11.6. The molecular weight excluding hydrogens is 208 g/mol. The molecular formula is C11H12N2O3. The number of benzene rings is 1. The van der Waals surface area contributed by atoms with Crippen molar-refractivity contribution in [1.29, 1.82) is 0 Å². The third-order valence-electron chi connectivity index (χ3n) is 2.29. The van der Waals surface area contributed by atoms with Crippen LogP contribution >= 0.6 is 0 Å². The quantitative estimate of drug-likeness (QED) is 0.789. The lowest BCUT2D eigenvalue weighted by atomic mass is 10.2. The third kappa shape index (κ3) is 1.98. The van der Waals surface area contributed by atoms with Gasteiger partial charge in [-0.1, -0.05) is 12.1 Å². The van der Waals surface area contributed by atoms with E-state index in [0.717, 1.165) is 0 Å². The molecule has 0 fully saturated rings. The minimum absolute atomic E-state index is 0.0105. The zero-order chi connectivity index (χ0) is 11.5. The summed E-state index contributed by atoms with van der Waals surface area (Å²) in [6.07, 6.45) is 0. The van der Waals surface area contributed by atoms with Gasteiger partial charge in [0.25, 0.3) is 5.91 Å². The number of ether oxygens (including phenoxy) is 1. The molecule has 0 atom stereocenters. The summed E-state index contributed by atoms with van der Waals surface area (Å²) in [5.74, 6) is 0.330. The second-order valence-electron chi connectivity index (χ2n) is 3.47. The lowest BCUT2D eigenvalue weighted by molar-refractivity contribution is -0.121. The number of nitrogens with one attached hydrogen (secondary N) is 1. The second-order valence-corrected chi connectivity index (χ2v) is 3.47. The van der Waals surface area contributed by atoms with Gasteiger partial charge in [0.15, 0.2) is 6.61 Å². The van der Waals surface area contributed by atoms with Crippen LogP contribution in [0.5, 0.6) is 5.75 Å². The molecule has 1 aromatic carbocycles. The summed E-state index contributed by atoms with van der Waals surface area (Å²) in [5, 5.41) is 2.60. The number of carbonyl (C=O) groups excluding carboxylic acids is 2. The van der Waals surface area contributed by atoms with E-state index in [-0.39, 0.29) is 25.1 Å². The summed E-state index contributed by atoms with van der Waals surface area (Å²) in [4.78, 5) is 23.9. The largest absolute Gasteiger partial charge is 0.482 e. The number of para-hydroxylation sites is 2. The van der Waals surface area contributed by atoms with Crippen LogP contribution in [0.2, 0.25) is 0 Å². The molecule has 1 N–H and O–H groups in total. The Balaban J connectivity index is 2.23. The summed E-state index contributed by atoms with van der Waals surface area (Å²) < 4.78 is 5.27. The maximum Gasteiger partial charge on any atom is 0.266 e. The summed E-state index contributed by atoms with van der Waals surface area (Å²) in [6, 6.07) is 7.24. The molecule has 5 heteroatoms. The number of nitrogens with zero attached hydrogens (tertiary/aromatic N) is 1. The Hall–Kier alpha value is -2.04. The normalized spacial score (nSPS) is 14.1. The fraction of sp³-hybridized carbons (Fsp3) is 0.273. The molecule has 0 unspecified atom stereocenters. The van der Waals surface area contributed by atoms with Crippen LogP contribution in [0.25, 0.3) is 0 Å². The highest BCUT2D eigenvalue weighted by atomic mass is 16.5. The van der Waals surface area contributed by atoms with E-state index < -0.39 is 0 Å². The van der Waals surface area contributed by atoms with Gasteiger partial charge in [-0.3, -0.25) is 14.5 Å². The van der Waals surface area contributed by atoms with Crippen molar-refractivity contribution in [2.45, 2.75) is 6.92 Å². The first-order valence-electron chi connectivity index (χ1n) is 4.95. The molecule has 0 aromatic heterocycles. The molecule has 0 spiro atoms. The van der Waals surface area contributed by atoms with Crippen molar-refractivity contribution in [3.8, 4) is 5.75 Å². The molecule has 0 aliphatic carbocycles. The topological polar surface area (TPSA) is 58.6 Å². The van der Waals surface area contributed by atoms with Crippen molar-refractivity contribution >= 4 is 17.5 Å². The van der Waals surface area contributed by atoms with Crippen LogP contribution < -0.4 is 15.0 Å². The van der Waals surface area contributed by atoms with Gasteiger partial charge in [-0.05, 0) is 12.1 Å². The van der Waals surface area contributed by atoms with Crippen LogP contribution in [0, 0.1) is 0 Å². The fourth-order valence-electron chi connectivity index (χ4n) is 1.52. The summed E-state index contributed by atoms with van der Waals surface area (Å²) >= 11 is 0. The predicted molar refractivity (Wildman–Crippen MR) is 58.1 cm³/mol. The molecule has 2 amide bonds. The van der Waals surface area contributed by atoms with E-state index in [1.165, 1.54) is 11.8 Å². The molecule has 0 bridgehead atoms. The summed E-state index contributed by atoms with van der Waals surface area (Å²) in [6.45, 7) is 1.60. The second kappa shape index (κ2) is 4.22. The van der Waals surface area contributed by atoms with Gasteiger partial charge in [0.1, 0.15) is 5.75 Å². The van der Waals surface area contributed by atoms with Crippen molar-refractivity contribution in [2.75, 3.05) is 18.2 Å². The highest BCUT2D eigenvalue weighted by Crippen LogP contribution is 2.30. The molecule has 1 aliphatic rings. The number of hydrogen-bond acceptors (Lipinski definition) is 3. The highest BCUT2D eigenvalue weighted by Gasteiger charge is 2.24. The van der Waals surface area contributed by atoms with E-state index >= 15 is 0 Å².